The second-order valence-electron chi connectivity index (χ2n) is 5.53. The van der Waals surface area contributed by atoms with Gasteiger partial charge in [0.25, 0.3) is 5.91 Å². The number of anilines is 2. The van der Waals surface area contributed by atoms with Gasteiger partial charge < -0.3 is 10.6 Å². The molecule has 4 nitrogen and oxygen atoms in total. The molecular formula is C17H17ClF3N3O. The van der Waals surface area contributed by atoms with Gasteiger partial charge in [0.1, 0.15) is 5.69 Å². The zero-order valence-electron chi connectivity index (χ0n) is 13.6. The van der Waals surface area contributed by atoms with Crippen LogP contribution in [-0.4, -0.2) is 16.9 Å². The lowest BCUT2D eigenvalue weighted by atomic mass is 10.2. The Labute approximate surface area is 148 Å². The van der Waals surface area contributed by atoms with Crippen molar-refractivity contribution < 1.29 is 18.0 Å². The van der Waals surface area contributed by atoms with Gasteiger partial charge in [0.05, 0.1) is 10.6 Å². The van der Waals surface area contributed by atoms with Crippen LogP contribution in [0.3, 0.4) is 0 Å². The topological polar surface area (TPSA) is 54.0 Å². The van der Waals surface area contributed by atoms with E-state index in [4.69, 9.17) is 11.6 Å². The summed E-state index contributed by atoms with van der Waals surface area (Å²) in [5.41, 5.74) is -0.214. The lowest BCUT2D eigenvalue weighted by molar-refractivity contribution is -0.137. The Balaban J connectivity index is 2.19. The average molecular weight is 372 g/mol. The summed E-state index contributed by atoms with van der Waals surface area (Å²) in [5, 5.41) is 5.18. The third-order valence-electron chi connectivity index (χ3n) is 3.55. The summed E-state index contributed by atoms with van der Waals surface area (Å²) >= 11 is 5.56. The first-order valence-electron chi connectivity index (χ1n) is 7.61. The average Bonchev–Trinajstić information content (AvgIpc) is 2.55. The Hall–Kier alpha value is -2.28. The minimum absolute atomic E-state index is 0.0104. The highest BCUT2D eigenvalue weighted by Crippen LogP contribution is 2.36. The first-order chi connectivity index (χ1) is 11.7. The number of aromatic nitrogens is 1. The standard InChI is InChI=1S/C17H17ClF3N3O/c1-3-10(2)23-12-6-7-22-15(9-12)16(25)24-11-4-5-14(18)13(8-11)17(19,20)21/h4-10H,3H2,1-2H3,(H,22,23)(H,24,25). The number of halogens is 4. The van der Waals surface area contributed by atoms with Crippen LogP contribution in [0.4, 0.5) is 24.5 Å². The quantitative estimate of drug-likeness (QED) is 0.758. The van der Waals surface area contributed by atoms with Crippen LogP contribution in [0, 0.1) is 0 Å². The molecular weight excluding hydrogens is 355 g/mol. The van der Waals surface area contributed by atoms with Crippen LogP contribution in [-0.2, 0) is 6.18 Å². The van der Waals surface area contributed by atoms with Gasteiger partial charge in [-0.2, -0.15) is 13.2 Å². The van der Waals surface area contributed by atoms with Gasteiger partial charge in [-0.1, -0.05) is 18.5 Å². The van der Waals surface area contributed by atoms with Crippen molar-refractivity contribution in [2.45, 2.75) is 32.5 Å². The molecule has 0 aliphatic rings. The summed E-state index contributed by atoms with van der Waals surface area (Å²) in [7, 11) is 0. The molecule has 1 unspecified atom stereocenters. The number of nitrogens with one attached hydrogen (secondary N) is 2. The molecule has 0 saturated carbocycles. The van der Waals surface area contributed by atoms with E-state index >= 15 is 0 Å². The van der Waals surface area contributed by atoms with Gasteiger partial charge in [0, 0.05) is 23.6 Å². The molecule has 1 heterocycles. The number of alkyl halides is 3. The maximum absolute atomic E-state index is 12.9. The van der Waals surface area contributed by atoms with Crippen molar-refractivity contribution in [2.75, 3.05) is 10.6 Å². The van der Waals surface area contributed by atoms with Crippen molar-refractivity contribution in [3.05, 3.63) is 52.8 Å². The molecule has 0 fully saturated rings. The Morgan fingerprint density at radius 3 is 2.60 bits per heavy atom. The van der Waals surface area contributed by atoms with Gasteiger partial charge in [0.15, 0.2) is 0 Å². The van der Waals surface area contributed by atoms with E-state index < -0.39 is 22.7 Å². The number of nitrogens with zero attached hydrogens (tertiary/aromatic N) is 1. The van der Waals surface area contributed by atoms with E-state index in [1.54, 1.807) is 12.1 Å². The van der Waals surface area contributed by atoms with Crippen LogP contribution >= 0.6 is 11.6 Å². The highest BCUT2D eigenvalue weighted by Gasteiger charge is 2.33. The lowest BCUT2D eigenvalue weighted by Crippen LogP contribution is -2.17. The van der Waals surface area contributed by atoms with Crippen molar-refractivity contribution in [1.29, 1.82) is 0 Å². The van der Waals surface area contributed by atoms with Crippen molar-refractivity contribution in [2.24, 2.45) is 0 Å². The van der Waals surface area contributed by atoms with E-state index in [0.29, 0.717) is 5.69 Å². The highest BCUT2D eigenvalue weighted by atomic mass is 35.5. The van der Waals surface area contributed by atoms with Gasteiger partial charge in [0.2, 0.25) is 0 Å². The maximum atomic E-state index is 12.9. The number of hydrogen-bond acceptors (Lipinski definition) is 3. The Bertz CT molecular complexity index is 765. The number of hydrogen-bond donors (Lipinski definition) is 2. The fraction of sp³-hybridized carbons (Fsp3) is 0.294. The summed E-state index contributed by atoms with van der Waals surface area (Å²) in [6.45, 7) is 4.01. The first kappa shape index (κ1) is 19.1. The van der Waals surface area contributed by atoms with Gasteiger partial charge in [-0.05, 0) is 43.7 Å². The van der Waals surface area contributed by atoms with Crippen molar-refractivity contribution in [1.82, 2.24) is 4.98 Å². The van der Waals surface area contributed by atoms with E-state index in [9.17, 15) is 18.0 Å². The number of carbonyl (C=O) groups excluding carboxylic acids is 1. The highest BCUT2D eigenvalue weighted by molar-refractivity contribution is 6.31. The molecule has 0 aliphatic carbocycles. The summed E-state index contributed by atoms with van der Waals surface area (Å²) in [6.07, 6.45) is -2.24. The monoisotopic (exact) mass is 371 g/mol. The molecule has 1 atom stereocenters. The largest absolute Gasteiger partial charge is 0.417 e. The maximum Gasteiger partial charge on any atom is 0.417 e. The minimum atomic E-state index is -4.60. The molecule has 0 saturated heterocycles. The molecule has 0 spiro atoms. The molecule has 2 N–H and O–H groups in total. The van der Waals surface area contributed by atoms with Gasteiger partial charge in [-0.15, -0.1) is 0 Å². The smallest absolute Gasteiger partial charge is 0.382 e. The van der Waals surface area contributed by atoms with Gasteiger partial charge in [-0.25, -0.2) is 0 Å². The van der Waals surface area contributed by atoms with Gasteiger partial charge >= 0.3 is 6.18 Å². The molecule has 1 amide bonds. The number of pyridine rings is 1. The first-order valence-corrected chi connectivity index (χ1v) is 7.99. The Morgan fingerprint density at radius 2 is 1.96 bits per heavy atom. The molecule has 8 heteroatoms. The molecule has 0 radical (unpaired) electrons. The molecule has 1 aromatic heterocycles. The minimum Gasteiger partial charge on any atom is -0.382 e. The summed E-state index contributed by atoms with van der Waals surface area (Å²) in [4.78, 5) is 16.2. The van der Waals surface area contributed by atoms with Crippen LogP contribution < -0.4 is 10.6 Å². The van der Waals surface area contributed by atoms with Crippen molar-refractivity contribution in [3.8, 4) is 0 Å². The molecule has 134 valence electrons. The summed E-state index contributed by atoms with van der Waals surface area (Å²) < 4.78 is 38.6. The zero-order chi connectivity index (χ0) is 18.6. The molecule has 25 heavy (non-hydrogen) atoms. The second kappa shape index (κ2) is 7.74. The fourth-order valence-electron chi connectivity index (χ4n) is 2.05. The SMILES string of the molecule is CCC(C)Nc1ccnc(C(=O)Nc2ccc(Cl)c(C(F)(F)F)c2)c1. The second-order valence-corrected chi connectivity index (χ2v) is 5.94. The number of amides is 1. The number of rotatable bonds is 5. The number of benzene rings is 1. The normalized spacial score (nSPS) is 12.6. The Morgan fingerprint density at radius 1 is 1.24 bits per heavy atom. The van der Waals surface area contributed by atoms with E-state index in [-0.39, 0.29) is 17.4 Å². The van der Waals surface area contributed by atoms with E-state index in [2.05, 4.69) is 15.6 Å². The van der Waals surface area contributed by atoms with Crippen LogP contribution in [0.25, 0.3) is 0 Å². The van der Waals surface area contributed by atoms with E-state index in [1.807, 2.05) is 13.8 Å². The molecule has 0 aliphatic heterocycles. The fourth-order valence-corrected chi connectivity index (χ4v) is 2.27. The van der Waals surface area contributed by atoms with Crippen molar-refractivity contribution in [3.63, 3.8) is 0 Å². The molecule has 0 bridgehead atoms. The molecule has 2 rings (SSSR count). The van der Waals surface area contributed by atoms with Crippen LogP contribution in [0.1, 0.15) is 36.3 Å². The van der Waals surface area contributed by atoms with Crippen LogP contribution in [0.15, 0.2) is 36.5 Å². The van der Waals surface area contributed by atoms with Crippen molar-refractivity contribution >= 4 is 28.9 Å². The predicted molar refractivity (Wildman–Crippen MR) is 92.0 cm³/mol. The van der Waals surface area contributed by atoms with Gasteiger partial charge in [-0.3, -0.25) is 9.78 Å². The third-order valence-corrected chi connectivity index (χ3v) is 3.88. The Kier molecular flexibility index (Phi) is 5.89. The van der Waals surface area contributed by atoms with Crippen LogP contribution in [0.5, 0.6) is 0 Å². The summed E-state index contributed by atoms with van der Waals surface area (Å²) in [6, 6.07) is 6.66. The van der Waals surface area contributed by atoms with E-state index in [0.717, 1.165) is 18.6 Å². The number of carbonyl (C=O) groups is 1. The molecule has 2 aromatic rings. The summed E-state index contributed by atoms with van der Waals surface area (Å²) in [5.74, 6) is -0.608. The zero-order valence-corrected chi connectivity index (χ0v) is 14.4. The van der Waals surface area contributed by atoms with E-state index in [1.165, 1.54) is 12.3 Å². The lowest BCUT2D eigenvalue weighted by Gasteiger charge is -2.14. The molecule has 1 aromatic carbocycles. The predicted octanol–water partition coefficient (Wildman–Crippen LogP) is 5.22. The third kappa shape index (κ3) is 5.09. The van der Waals surface area contributed by atoms with Crippen LogP contribution in [0.2, 0.25) is 5.02 Å².